The molecular weight excluding hydrogens is 251 g/mol. The number of nitrogens with zero attached hydrogens (tertiary/aromatic N) is 1. The molecule has 0 amide bonds. The fourth-order valence-corrected chi connectivity index (χ4v) is 2.71. The van der Waals surface area contributed by atoms with Crippen molar-refractivity contribution in [2.45, 2.75) is 36.9 Å². The third-order valence-electron chi connectivity index (χ3n) is 2.67. The smallest absolute Gasteiger partial charge is 0.261 e. The normalized spacial score (nSPS) is 12.7. The summed E-state index contributed by atoms with van der Waals surface area (Å²) in [6, 6.07) is 4.52. The lowest BCUT2D eigenvalue weighted by atomic mass is 10.1. The van der Waals surface area contributed by atoms with E-state index in [2.05, 4.69) is 4.98 Å². The van der Waals surface area contributed by atoms with Gasteiger partial charge in [-0.1, -0.05) is 6.07 Å². The Morgan fingerprint density at radius 3 is 2.67 bits per heavy atom. The van der Waals surface area contributed by atoms with Gasteiger partial charge in [0.15, 0.2) is 0 Å². The van der Waals surface area contributed by atoms with Gasteiger partial charge in [0.25, 0.3) is 5.22 Å². The molecule has 0 radical (unpaired) electrons. The Morgan fingerprint density at radius 1 is 1.39 bits per heavy atom. The standard InChI is InChI=1S/C13H15FN2OS/c1-7(15)12-10(14)5-4-6-11(12)18-13-16-8(2)9(3)17-13/h4-7H,15H2,1-3H3/t7-/m0/s1. The SMILES string of the molecule is Cc1nc(Sc2cccc(F)c2[C@H](C)N)oc1C. The van der Waals surface area contributed by atoms with Crippen LogP contribution in [0.15, 0.2) is 32.7 Å². The number of aryl methyl sites for hydroxylation is 2. The maximum Gasteiger partial charge on any atom is 0.261 e. The van der Waals surface area contributed by atoms with Crippen LogP contribution in [0.25, 0.3) is 0 Å². The predicted octanol–water partition coefficient (Wildman–Crippen LogP) is 3.60. The van der Waals surface area contributed by atoms with Crippen LogP contribution in [-0.4, -0.2) is 4.98 Å². The number of benzene rings is 1. The van der Waals surface area contributed by atoms with Crippen molar-refractivity contribution in [3.8, 4) is 0 Å². The molecule has 1 atom stereocenters. The van der Waals surface area contributed by atoms with Crippen LogP contribution in [0.4, 0.5) is 4.39 Å². The van der Waals surface area contributed by atoms with Crippen molar-refractivity contribution in [1.29, 1.82) is 0 Å². The lowest BCUT2D eigenvalue weighted by Crippen LogP contribution is -2.08. The quantitative estimate of drug-likeness (QED) is 0.922. The lowest BCUT2D eigenvalue weighted by Gasteiger charge is -2.11. The van der Waals surface area contributed by atoms with E-state index in [-0.39, 0.29) is 11.9 Å². The molecule has 0 aliphatic heterocycles. The van der Waals surface area contributed by atoms with Gasteiger partial charge < -0.3 is 10.2 Å². The fourth-order valence-electron chi connectivity index (χ4n) is 1.63. The highest BCUT2D eigenvalue weighted by molar-refractivity contribution is 7.99. The zero-order valence-electron chi connectivity index (χ0n) is 10.5. The van der Waals surface area contributed by atoms with Crippen LogP contribution in [0.2, 0.25) is 0 Å². The van der Waals surface area contributed by atoms with E-state index in [1.54, 1.807) is 13.0 Å². The van der Waals surface area contributed by atoms with Crippen molar-refractivity contribution in [2.24, 2.45) is 5.73 Å². The fraction of sp³-hybridized carbons (Fsp3) is 0.308. The topological polar surface area (TPSA) is 52.0 Å². The highest BCUT2D eigenvalue weighted by atomic mass is 32.2. The molecule has 0 saturated heterocycles. The maximum atomic E-state index is 13.7. The van der Waals surface area contributed by atoms with Crippen molar-refractivity contribution < 1.29 is 8.81 Å². The summed E-state index contributed by atoms with van der Waals surface area (Å²) in [7, 11) is 0. The molecule has 2 N–H and O–H groups in total. The first kappa shape index (κ1) is 13.1. The number of nitrogens with two attached hydrogens (primary N) is 1. The number of hydrogen-bond donors (Lipinski definition) is 1. The average Bonchev–Trinajstić information content (AvgIpc) is 2.57. The summed E-state index contributed by atoms with van der Waals surface area (Å²) in [5, 5.41) is 0.512. The minimum atomic E-state index is -0.370. The molecule has 1 aromatic heterocycles. The highest BCUT2D eigenvalue weighted by Crippen LogP contribution is 2.34. The first-order chi connectivity index (χ1) is 8.49. The maximum absolute atomic E-state index is 13.7. The lowest BCUT2D eigenvalue weighted by molar-refractivity contribution is 0.431. The van der Waals surface area contributed by atoms with E-state index in [1.807, 2.05) is 19.9 Å². The number of oxazole rings is 1. The molecule has 0 aliphatic carbocycles. The number of aromatic nitrogens is 1. The Balaban J connectivity index is 2.37. The number of hydrogen-bond acceptors (Lipinski definition) is 4. The van der Waals surface area contributed by atoms with Crippen molar-refractivity contribution in [1.82, 2.24) is 4.98 Å². The van der Waals surface area contributed by atoms with Crippen molar-refractivity contribution in [3.63, 3.8) is 0 Å². The molecule has 3 nitrogen and oxygen atoms in total. The first-order valence-electron chi connectivity index (χ1n) is 5.65. The molecule has 96 valence electrons. The van der Waals surface area contributed by atoms with Crippen LogP contribution in [0.3, 0.4) is 0 Å². The zero-order chi connectivity index (χ0) is 13.3. The second-order valence-corrected chi connectivity index (χ2v) is 5.16. The van der Waals surface area contributed by atoms with Gasteiger partial charge in [-0.25, -0.2) is 9.37 Å². The largest absolute Gasteiger partial charge is 0.436 e. The van der Waals surface area contributed by atoms with Crippen molar-refractivity contribution in [2.75, 3.05) is 0 Å². The first-order valence-corrected chi connectivity index (χ1v) is 6.46. The Kier molecular flexibility index (Phi) is 3.73. The molecule has 1 aromatic carbocycles. The van der Waals surface area contributed by atoms with Crippen LogP contribution < -0.4 is 5.73 Å². The van der Waals surface area contributed by atoms with Crippen molar-refractivity contribution in [3.05, 3.63) is 41.0 Å². The zero-order valence-corrected chi connectivity index (χ0v) is 11.3. The molecule has 2 rings (SSSR count). The monoisotopic (exact) mass is 266 g/mol. The summed E-state index contributed by atoms with van der Waals surface area (Å²) < 4.78 is 19.2. The molecule has 18 heavy (non-hydrogen) atoms. The molecule has 0 fully saturated rings. The van der Waals surface area contributed by atoms with Crippen LogP contribution in [0, 0.1) is 19.7 Å². The van der Waals surface area contributed by atoms with Gasteiger partial charge in [-0.2, -0.15) is 0 Å². The third-order valence-corrected chi connectivity index (χ3v) is 3.60. The predicted molar refractivity (Wildman–Crippen MR) is 69.1 cm³/mol. The summed E-state index contributed by atoms with van der Waals surface area (Å²) in [6.45, 7) is 5.49. The van der Waals surface area contributed by atoms with Gasteiger partial charge in [0.1, 0.15) is 11.6 Å². The second kappa shape index (κ2) is 5.12. The number of rotatable bonds is 3. The molecule has 0 saturated carbocycles. The van der Waals surface area contributed by atoms with Gasteiger partial charge in [0.2, 0.25) is 0 Å². The molecule has 2 aromatic rings. The van der Waals surface area contributed by atoms with Gasteiger partial charge in [0.05, 0.1) is 5.69 Å². The molecule has 1 heterocycles. The average molecular weight is 266 g/mol. The Morgan fingerprint density at radius 2 is 2.11 bits per heavy atom. The highest BCUT2D eigenvalue weighted by Gasteiger charge is 2.16. The Labute approximate surface area is 110 Å². The summed E-state index contributed by atoms with van der Waals surface area (Å²) in [5.74, 6) is 0.478. The van der Waals surface area contributed by atoms with Gasteiger partial charge in [0, 0.05) is 16.5 Å². The van der Waals surface area contributed by atoms with Crippen molar-refractivity contribution >= 4 is 11.8 Å². The molecular formula is C13H15FN2OS. The molecule has 0 bridgehead atoms. The molecule has 0 aliphatic rings. The van der Waals surface area contributed by atoms with Gasteiger partial charge in [-0.05, 0) is 44.7 Å². The van der Waals surface area contributed by atoms with E-state index in [9.17, 15) is 4.39 Å². The Hall–Kier alpha value is -1.33. The van der Waals surface area contributed by atoms with E-state index in [0.717, 1.165) is 16.3 Å². The minimum Gasteiger partial charge on any atom is -0.436 e. The van der Waals surface area contributed by atoms with E-state index in [4.69, 9.17) is 10.2 Å². The van der Waals surface area contributed by atoms with E-state index in [0.29, 0.717) is 10.8 Å². The summed E-state index contributed by atoms with van der Waals surface area (Å²) in [6.07, 6.45) is 0. The van der Waals surface area contributed by atoms with Crippen LogP contribution in [0.1, 0.15) is 30.0 Å². The van der Waals surface area contributed by atoms with Gasteiger partial charge in [-0.15, -0.1) is 0 Å². The number of halogens is 1. The minimum absolute atomic E-state index is 0.296. The Bertz CT molecular complexity index is 547. The van der Waals surface area contributed by atoms with Gasteiger partial charge in [-0.3, -0.25) is 0 Å². The van der Waals surface area contributed by atoms with Gasteiger partial charge >= 0.3 is 0 Å². The van der Waals surface area contributed by atoms with E-state index < -0.39 is 0 Å². The van der Waals surface area contributed by atoms with Crippen LogP contribution in [0.5, 0.6) is 0 Å². The van der Waals surface area contributed by atoms with Crippen LogP contribution in [-0.2, 0) is 0 Å². The van der Waals surface area contributed by atoms with Crippen LogP contribution >= 0.6 is 11.8 Å². The van der Waals surface area contributed by atoms with E-state index >= 15 is 0 Å². The summed E-state index contributed by atoms with van der Waals surface area (Å²) in [5.41, 5.74) is 7.14. The second-order valence-electron chi connectivity index (χ2n) is 4.16. The summed E-state index contributed by atoms with van der Waals surface area (Å²) >= 11 is 1.29. The summed E-state index contributed by atoms with van der Waals surface area (Å²) in [4.78, 5) is 5.01. The third kappa shape index (κ3) is 2.57. The molecule has 0 unspecified atom stereocenters. The van der Waals surface area contributed by atoms with E-state index in [1.165, 1.54) is 17.8 Å². The molecule has 5 heteroatoms. The molecule has 0 spiro atoms.